The van der Waals surface area contributed by atoms with Crippen LogP contribution in [-0.2, 0) is 0 Å². The van der Waals surface area contributed by atoms with Gasteiger partial charge in [-0.3, -0.25) is 4.79 Å². The van der Waals surface area contributed by atoms with Crippen LogP contribution in [0.2, 0.25) is 0 Å². The summed E-state index contributed by atoms with van der Waals surface area (Å²) in [6.07, 6.45) is 3.99. The van der Waals surface area contributed by atoms with Gasteiger partial charge < -0.3 is 5.32 Å². The average Bonchev–Trinajstić information content (AvgIpc) is 2.84. The van der Waals surface area contributed by atoms with Crippen molar-refractivity contribution in [3.8, 4) is 9.75 Å². The lowest BCUT2D eigenvalue weighted by Crippen LogP contribution is -2.24. The standard InChI is InChI=1S/C11H10N2OS2/c14-10(13-7-3-4-7)11-12-6-9(16-11)8-2-1-5-15-8/h1-2,5-7H,3-4H2,(H,13,14). The zero-order valence-electron chi connectivity index (χ0n) is 8.47. The molecule has 1 N–H and O–H groups in total. The Labute approximate surface area is 101 Å². The van der Waals surface area contributed by atoms with Crippen LogP contribution in [0.15, 0.2) is 23.7 Å². The summed E-state index contributed by atoms with van der Waals surface area (Å²) in [5.74, 6) is -0.0321. The minimum Gasteiger partial charge on any atom is -0.347 e. The van der Waals surface area contributed by atoms with E-state index in [1.807, 2.05) is 17.5 Å². The minimum atomic E-state index is -0.0321. The molecule has 1 aliphatic rings. The molecule has 1 aliphatic carbocycles. The van der Waals surface area contributed by atoms with Gasteiger partial charge in [-0.2, -0.15) is 0 Å². The van der Waals surface area contributed by atoms with Gasteiger partial charge in [-0.25, -0.2) is 4.98 Å². The van der Waals surface area contributed by atoms with Gasteiger partial charge in [0.15, 0.2) is 5.01 Å². The highest BCUT2D eigenvalue weighted by molar-refractivity contribution is 7.22. The second kappa shape index (κ2) is 3.99. The lowest BCUT2D eigenvalue weighted by molar-refractivity contribution is 0.0950. The third-order valence-electron chi connectivity index (χ3n) is 2.38. The summed E-state index contributed by atoms with van der Waals surface area (Å²) in [4.78, 5) is 18.1. The SMILES string of the molecule is O=C(NC1CC1)c1ncc(-c2cccs2)s1. The number of thiazole rings is 1. The van der Waals surface area contributed by atoms with Gasteiger partial charge in [0.05, 0.1) is 4.88 Å². The van der Waals surface area contributed by atoms with Crippen LogP contribution in [-0.4, -0.2) is 16.9 Å². The molecule has 16 heavy (non-hydrogen) atoms. The molecule has 0 aliphatic heterocycles. The Morgan fingerprint density at radius 3 is 3.00 bits per heavy atom. The molecule has 1 amide bonds. The smallest absolute Gasteiger partial charge is 0.280 e. The number of nitrogens with one attached hydrogen (secondary N) is 1. The summed E-state index contributed by atoms with van der Waals surface area (Å²) in [6, 6.07) is 4.44. The first-order chi connectivity index (χ1) is 7.83. The van der Waals surface area contributed by atoms with E-state index in [4.69, 9.17) is 0 Å². The lowest BCUT2D eigenvalue weighted by Gasteiger charge is -1.97. The molecule has 2 aromatic rings. The second-order valence-electron chi connectivity index (χ2n) is 3.75. The quantitative estimate of drug-likeness (QED) is 0.910. The molecule has 0 bridgehead atoms. The molecule has 3 nitrogen and oxygen atoms in total. The largest absolute Gasteiger partial charge is 0.347 e. The number of hydrogen-bond acceptors (Lipinski definition) is 4. The highest BCUT2D eigenvalue weighted by Gasteiger charge is 2.25. The van der Waals surface area contributed by atoms with E-state index in [-0.39, 0.29) is 5.91 Å². The molecule has 0 spiro atoms. The van der Waals surface area contributed by atoms with Crippen molar-refractivity contribution < 1.29 is 4.79 Å². The summed E-state index contributed by atoms with van der Waals surface area (Å²) in [5.41, 5.74) is 0. The van der Waals surface area contributed by atoms with Crippen LogP contribution in [0.5, 0.6) is 0 Å². The van der Waals surface area contributed by atoms with Crippen molar-refractivity contribution in [2.75, 3.05) is 0 Å². The van der Waals surface area contributed by atoms with E-state index < -0.39 is 0 Å². The fourth-order valence-electron chi connectivity index (χ4n) is 1.39. The summed E-state index contributed by atoms with van der Waals surface area (Å²) in [7, 11) is 0. The van der Waals surface area contributed by atoms with Crippen LogP contribution >= 0.6 is 22.7 Å². The van der Waals surface area contributed by atoms with Gasteiger partial charge in [0.25, 0.3) is 5.91 Å². The van der Waals surface area contributed by atoms with Crippen LogP contribution in [0.1, 0.15) is 22.6 Å². The Balaban J connectivity index is 1.79. The number of carbonyl (C=O) groups excluding carboxylic acids is 1. The first kappa shape index (κ1) is 9.99. The van der Waals surface area contributed by atoms with E-state index >= 15 is 0 Å². The summed E-state index contributed by atoms with van der Waals surface area (Å²) in [5, 5.41) is 5.53. The van der Waals surface area contributed by atoms with E-state index in [9.17, 15) is 4.79 Å². The Hall–Kier alpha value is -1.20. The first-order valence-electron chi connectivity index (χ1n) is 5.13. The van der Waals surface area contributed by atoms with Crippen molar-refractivity contribution in [2.24, 2.45) is 0 Å². The Kier molecular flexibility index (Phi) is 2.49. The lowest BCUT2D eigenvalue weighted by atomic mass is 10.4. The minimum absolute atomic E-state index is 0.0321. The molecule has 2 aromatic heterocycles. The molecule has 0 unspecified atom stereocenters. The van der Waals surface area contributed by atoms with Crippen molar-refractivity contribution >= 4 is 28.6 Å². The van der Waals surface area contributed by atoms with Crippen molar-refractivity contribution in [3.05, 3.63) is 28.7 Å². The molecule has 82 valence electrons. The van der Waals surface area contributed by atoms with Gasteiger partial charge in [0, 0.05) is 17.1 Å². The molecular formula is C11H10N2OS2. The summed E-state index contributed by atoms with van der Waals surface area (Å²) < 4.78 is 0. The van der Waals surface area contributed by atoms with E-state index in [2.05, 4.69) is 10.3 Å². The fourth-order valence-corrected chi connectivity index (χ4v) is 3.03. The van der Waals surface area contributed by atoms with E-state index in [0.717, 1.165) is 17.7 Å². The molecule has 1 fully saturated rings. The normalized spacial score (nSPS) is 15.0. The first-order valence-corrected chi connectivity index (χ1v) is 6.83. The molecule has 0 aromatic carbocycles. The topological polar surface area (TPSA) is 42.0 Å². The number of amides is 1. The second-order valence-corrected chi connectivity index (χ2v) is 5.73. The number of aromatic nitrogens is 1. The zero-order chi connectivity index (χ0) is 11.0. The van der Waals surface area contributed by atoms with Crippen LogP contribution < -0.4 is 5.32 Å². The molecule has 0 saturated heterocycles. The highest BCUT2D eigenvalue weighted by atomic mass is 32.1. The Morgan fingerprint density at radius 1 is 1.44 bits per heavy atom. The van der Waals surface area contributed by atoms with Crippen molar-refractivity contribution in [1.82, 2.24) is 10.3 Å². The van der Waals surface area contributed by atoms with E-state index in [1.165, 1.54) is 16.2 Å². The maximum atomic E-state index is 11.7. The molecule has 5 heteroatoms. The molecule has 1 saturated carbocycles. The van der Waals surface area contributed by atoms with Crippen molar-refractivity contribution in [3.63, 3.8) is 0 Å². The summed E-state index contributed by atoms with van der Waals surface area (Å²) in [6.45, 7) is 0. The van der Waals surface area contributed by atoms with Crippen LogP contribution in [0.4, 0.5) is 0 Å². The van der Waals surface area contributed by atoms with Gasteiger partial charge in [-0.15, -0.1) is 22.7 Å². The maximum Gasteiger partial charge on any atom is 0.280 e. The molecule has 3 rings (SSSR count). The van der Waals surface area contributed by atoms with Gasteiger partial charge >= 0.3 is 0 Å². The van der Waals surface area contributed by atoms with Gasteiger partial charge in [0.2, 0.25) is 0 Å². The maximum absolute atomic E-state index is 11.7. The van der Waals surface area contributed by atoms with Crippen molar-refractivity contribution in [1.29, 1.82) is 0 Å². The fraction of sp³-hybridized carbons (Fsp3) is 0.273. The zero-order valence-corrected chi connectivity index (χ0v) is 10.1. The molecular weight excluding hydrogens is 240 g/mol. The summed E-state index contributed by atoms with van der Waals surface area (Å²) >= 11 is 3.12. The van der Waals surface area contributed by atoms with E-state index in [0.29, 0.717) is 11.0 Å². The van der Waals surface area contributed by atoms with Gasteiger partial charge in [-0.1, -0.05) is 6.07 Å². The predicted molar refractivity (Wildman–Crippen MR) is 65.9 cm³/mol. The Morgan fingerprint density at radius 2 is 2.31 bits per heavy atom. The third-order valence-corrected chi connectivity index (χ3v) is 4.44. The Bertz CT molecular complexity index is 500. The molecule has 2 heterocycles. The van der Waals surface area contributed by atoms with Crippen LogP contribution in [0.25, 0.3) is 9.75 Å². The van der Waals surface area contributed by atoms with Crippen molar-refractivity contribution in [2.45, 2.75) is 18.9 Å². The van der Waals surface area contributed by atoms with Crippen LogP contribution in [0.3, 0.4) is 0 Å². The average molecular weight is 250 g/mol. The van der Waals surface area contributed by atoms with Gasteiger partial charge in [-0.05, 0) is 24.3 Å². The number of thiophene rings is 1. The molecule has 0 radical (unpaired) electrons. The third kappa shape index (κ3) is 2.01. The number of carbonyl (C=O) groups is 1. The number of hydrogen-bond donors (Lipinski definition) is 1. The number of nitrogens with zero attached hydrogens (tertiary/aromatic N) is 1. The molecule has 0 atom stereocenters. The highest BCUT2D eigenvalue weighted by Crippen LogP contribution is 2.30. The predicted octanol–water partition coefficient (Wildman–Crippen LogP) is 2.76. The number of rotatable bonds is 3. The van der Waals surface area contributed by atoms with Gasteiger partial charge in [0.1, 0.15) is 0 Å². The van der Waals surface area contributed by atoms with E-state index in [1.54, 1.807) is 17.5 Å². The monoisotopic (exact) mass is 250 g/mol. The van der Waals surface area contributed by atoms with Crippen LogP contribution in [0, 0.1) is 0 Å².